The highest BCUT2D eigenvalue weighted by molar-refractivity contribution is 5.85. The van der Waals surface area contributed by atoms with Gasteiger partial charge < -0.3 is 9.88 Å². The second-order valence-corrected chi connectivity index (χ2v) is 2.81. The lowest BCUT2D eigenvalue weighted by Crippen LogP contribution is -1.94. The molecule has 0 amide bonds. The Morgan fingerprint density at radius 1 is 1.46 bits per heavy atom. The topological polar surface area (TPSA) is 42.7 Å². The van der Waals surface area contributed by atoms with Crippen LogP contribution in [0.2, 0.25) is 0 Å². The zero-order valence-corrected chi connectivity index (χ0v) is 7.78. The van der Waals surface area contributed by atoms with E-state index in [1.807, 2.05) is 24.0 Å². The van der Waals surface area contributed by atoms with Crippen LogP contribution in [-0.4, -0.2) is 21.6 Å². The van der Waals surface area contributed by atoms with E-state index in [1.165, 1.54) is 0 Å². The van der Waals surface area contributed by atoms with Crippen molar-refractivity contribution >= 4 is 16.9 Å². The molecule has 0 radical (unpaired) electrons. The molecule has 0 aliphatic heterocycles. The molecule has 0 saturated carbocycles. The maximum Gasteiger partial charge on any atom is 0.161 e. The number of aromatic nitrogens is 3. The molecule has 1 N–H and O–H groups in total. The Morgan fingerprint density at radius 3 is 3.00 bits per heavy atom. The van der Waals surface area contributed by atoms with Gasteiger partial charge in [-0.2, -0.15) is 0 Å². The lowest BCUT2D eigenvalue weighted by molar-refractivity contribution is 0.778. The third kappa shape index (κ3) is 1.14. The molecule has 2 aromatic rings. The van der Waals surface area contributed by atoms with Crippen LogP contribution in [0.5, 0.6) is 0 Å². The molecule has 0 unspecified atom stereocenters. The molecule has 0 saturated heterocycles. The maximum absolute atomic E-state index is 4.30. The highest BCUT2D eigenvalue weighted by atomic mass is 15.1. The van der Waals surface area contributed by atoms with Crippen molar-refractivity contribution in [1.29, 1.82) is 0 Å². The highest BCUT2D eigenvalue weighted by Crippen LogP contribution is 2.18. The van der Waals surface area contributed by atoms with Gasteiger partial charge in [0.15, 0.2) is 5.65 Å². The molecular formula is C9H12N4. The third-order valence-electron chi connectivity index (χ3n) is 2.11. The fourth-order valence-corrected chi connectivity index (χ4v) is 1.40. The second-order valence-electron chi connectivity index (χ2n) is 2.81. The van der Waals surface area contributed by atoms with Crippen LogP contribution < -0.4 is 5.32 Å². The van der Waals surface area contributed by atoms with E-state index in [9.17, 15) is 0 Å². The number of nitrogens with one attached hydrogen (secondary N) is 1. The Kier molecular flexibility index (Phi) is 1.88. The van der Waals surface area contributed by atoms with Gasteiger partial charge in [-0.1, -0.05) is 0 Å². The first-order valence-corrected chi connectivity index (χ1v) is 4.34. The van der Waals surface area contributed by atoms with Crippen molar-refractivity contribution in [3.63, 3.8) is 0 Å². The van der Waals surface area contributed by atoms with Crippen LogP contribution >= 0.6 is 0 Å². The van der Waals surface area contributed by atoms with E-state index in [2.05, 4.69) is 22.2 Å². The fourth-order valence-electron chi connectivity index (χ4n) is 1.40. The summed E-state index contributed by atoms with van der Waals surface area (Å²) in [6, 6.07) is 1.93. The first-order valence-electron chi connectivity index (χ1n) is 4.34. The van der Waals surface area contributed by atoms with Gasteiger partial charge in [0.05, 0.1) is 12.0 Å². The standard InChI is InChI=1S/C9H12N4/c1-3-13-6-12-8-7(10-2)4-5-11-9(8)13/h4-6H,3H2,1-2H3,(H,10,11). The van der Waals surface area contributed by atoms with Crippen molar-refractivity contribution in [2.75, 3.05) is 12.4 Å². The summed E-state index contributed by atoms with van der Waals surface area (Å²) >= 11 is 0. The summed E-state index contributed by atoms with van der Waals surface area (Å²) in [7, 11) is 1.89. The minimum Gasteiger partial charge on any atom is -0.386 e. The molecule has 4 nitrogen and oxygen atoms in total. The van der Waals surface area contributed by atoms with Crippen LogP contribution in [-0.2, 0) is 6.54 Å². The second kappa shape index (κ2) is 3.05. The number of aryl methyl sites for hydroxylation is 1. The molecule has 4 heteroatoms. The van der Waals surface area contributed by atoms with Gasteiger partial charge in [-0.25, -0.2) is 9.97 Å². The van der Waals surface area contributed by atoms with Crippen LogP contribution in [0.4, 0.5) is 5.69 Å². The molecule has 68 valence electrons. The third-order valence-corrected chi connectivity index (χ3v) is 2.11. The number of fused-ring (bicyclic) bond motifs is 1. The predicted molar refractivity (Wildman–Crippen MR) is 52.7 cm³/mol. The Balaban J connectivity index is 2.72. The monoisotopic (exact) mass is 176 g/mol. The molecule has 0 fully saturated rings. The zero-order valence-electron chi connectivity index (χ0n) is 7.78. The Morgan fingerprint density at radius 2 is 2.31 bits per heavy atom. The Bertz CT molecular complexity index is 418. The number of hydrogen-bond donors (Lipinski definition) is 1. The minimum atomic E-state index is 0.899. The fraction of sp³-hybridized carbons (Fsp3) is 0.333. The number of hydrogen-bond acceptors (Lipinski definition) is 3. The lowest BCUT2D eigenvalue weighted by atomic mass is 10.3. The Labute approximate surface area is 76.6 Å². The van der Waals surface area contributed by atoms with Gasteiger partial charge in [0.2, 0.25) is 0 Å². The smallest absolute Gasteiger partial charge is 0.161 e. The van der Waals surface area contributed by atoms with Gasteiger partial charge in [-0.3, -0.25) is 0 Å². The summed E-state index contributed by atoms with van der Waals surface area (Å²) in [6.07, 6.45) is 3.61. The molecule has 0 spiro atoms. The minimum absolute atomic E-state index is 0.899. The maximum atomic E-state index is 4.30. The van der Waals surface area contributed by atoms with Gasteiger partial charge in [-0.15, -0.1) is 0 Å². The molecule has 2 aromatic heterocycles. The van der Waals surface area contributed by atoms with Crippen molar-refractivity contribution in [3.05, 3.63) is 18.6 Å². The van der Waals surface area contributed by atoms with Crippen molar-refractivity contribution < 1.29 is 0 Å². The van der Waals surface area contributed by atoms with Crippen LogP contribution in [0.1, 0.15) is 6.92 Å². The normalized spacial score (nSPS) is 10.6. The summed E-state index contributed by atoms with van der Waals surface area (Å²) in [4.78, 5) is 8.58. The highest BCUT2D eigenvalue weighted by Gasteiger charge is 2.05. The van der Waals surface area contributed by atoms with Gasteiger partial charge in [-0.05, 0) is 13.0 Å². The van der Waals surface area contributed by atoms with E-state index in [4.69, 9.17) is 0 Å². The molecule has 0 atom stereocenters. The summed E-state index contributed by atoms with van der Waals surface area (Å²) in [6.45, 7) is 2.98. The van der Waals surface area contributed by atoms with Crippen molar-refractivity contribution in [1.82, 2.24) is 14.5 Å². The van der Waals surface area contributed by atoms with Gasteiger partial charge in [0, 0.05) is 19.8 Å². The SMILES string of the molecule is CCn1cnc2c(NC)ccnc21. The van der Waals surface area contributed by atoms with E-state index in [0.29, 0.717) is 0 Å². The first kappa shape index (κ1) is 8.04. The molecule has 0 aliphatic carbocycles. The number of pyridine rings is 1. The molecule has 0 bridgehead atoms. The predicted octanol–water partition coefficient (Wildman–Crippen LogP) is 1.49. The largest absolute Gasteiger partial charge is 0.386 e. The Hall–Kier alpha value is -1.58. The van der Waals surface area contributed by atoms with Crippen molar-refractivity contribution in [3.8, 4) is 0 Å². The summed E-state index contributed by atoms with van der Waals surface area (Å²) < 4.78 is 2.02. The quantitative estimate of drug-likeness (QED) is 0.753. The van der Waals surface area contributed by atoms with Crippen molar-refractivity contribution in [2.45, 2.75) is 13.5 Å². The number of rotatable bonds is 2. The summed E-state index contributed by atoms with van der Waals surface area (Å²) in [5.41, 5.74) is 2.90. The van der Waals surface area contributed by atoms with Gasteiger partial charge in [0.25, 0.3) is 0 Å². The average molecular weight is 176 g/mol. The van der Waals surface area contributed by atoms with E-state index in [0.717, 1.165) is 23.4 Å². The van der Waals surface area contributed by atoms with Crippen molar-refractivity contribution in [2.24, 2.45) is 0 Å². The number of imidazole rings is 1. The summed E-state index contributed by atoms with van der Waals surface area (Å²) in [5, 5.41) is 3.09. The van der Waals surface area contributed by atoms with Crippen LogP contribution in [0.15, 0.2) is 18.6 Å². The van der Waals surface area contributed by atoms with E-state index in [-0.39, 0.29) is 0 Å². The molecule has 2 heterocycles. The van der Waals surface area contributed by atoms with Crippen LogP contribution in [0.3, 0.4) is 0 Å². The van der Waals surface area contributed by atoms with E-state index < -0.39 is 0 Å². The van der Waals surface area contributed by atoms with Crippen LogP contribution in [0, 0.1) is 0 Å². The average Bonchev–Trinajstić information content (AvgIpc) is 2.60. The molecule has 0 aliphatic rings. The van der Waals surface area contributed by atoms with Gasteiger partial charge in [0.1, 0.15) is 5.52 Å². The van der Waals surface area contributed by atoms with Gasteiger partial charge >= 0.3 is 0 Å². The molecule has 0 aromatic carbocycles. The van der Waals surface area contributed by atoms with E-state index >= 15 is 0 Å². The summed E-state index contributed by atoms with van der Waals surface area (Å²) in [5.74, 6) is 0. The lowest BCUT2D eigenvalue weighted by Gasteiger charge is -2.00. The molecule has 13 heavy (non-hydrogen) atoms. The van der Waals surface area contributed by atoms with E-state index in [1.54, 1.807) is 6.20 Å². The first-order chi connectivity index (χ1) is 6.36. The zero-order chi connectivity index (χ0) is 9.26. The molecular weight excluding hydrogens is 164 g/mol. The number of anilines is 1. The molecule has 2 rings (SSSR count). The number of nitrogens with zero attached hydrogens (tertiary/aromatic N) is 3. The van der Waals surface area contributed by atoms with Crippen LogP contribution in [0.25, 0.3) is 11.2 Å².